The van der Waals surface area contributed by atoms with Gasteiger partial charge in [0.1, 0.15) is 5.82 Å². The Morgan fingerprint density at radius 1 is 1.33 bits per heavy atom. The molecule has 0 aromatic heterocycles. The number of halogens is 2. The van der Waals surface area contributed by atoms with E-state index in [1.54, 1.807) is 6.07 Å². The summed E-state index contributed by atoms with van der Waals surface area (Å²) in [6.07, 6.45) is -0.706. The van der Waals surface area contributed by atoms with Crippen LogP contribution in [0.1, 0.15) is 25.5 Å². The van der Waals surface area contributed by atoms with E-state index in [2.05, 4.69) is 0 Å². The first-order valence-corrected chi connectivity index (χ1v) is 5.19. The van der Waals surface area contributed by atoms with Gasteiger partial charge in [0.05, 0.1) is 12.1 Å². The van der Waals surface area contributed by atoms with Gasteiger partial charge in [-0.15, -0.1) is 0 Å². The number of benzene rings is 1. The van der Waals surface area contributed by atoms with Crippen LogP contribution in [0, 0.1) is 11.7 Å². The van der Waals surface area contributed by atoms with Gasteiger partial charge in [-0.1, -0.05) is 25.4 Å². The van der Waals surface area contributed by atoms with Crippen molar-refractivity contribution < 1.29 is 9.50 Å². The first kappa shape index (κ1) is 12.4. The maximum atomic E-state index is 13.0. The van der Waals surface area contributed by atoms with Crippen molar-refractivity contribution in [3.63, 3.8) is 0 Å². The van der Waals surface area contributed by atoms with Crippen LogP contribution in [0.3, 0.4) is 0 Å². The topological polar surface area (TPSA) is 46.2 Å². The molecular formula is C11H15ClFNO. The van der Waals surface area contributed by atoms with Crippen LogP contribution in [-0.2, 0) is 0 Å². The second-order valence-electron chi connectivity index (χ2n) is 3.96. The van der Waals surface area contributed by atoms with E-state index < -0.39 is 18.0 Å². The molecule has 0 amide bonds. The molecule has 0 aliphatic rings. The van der Waals surface area contributed by atoms with E-state index in [0.717, 1.165) is 0 Å². The summed E-state index contributed by atoms with van der Waals surface area (Å²) in [5, 5.41) is 10.0. The van der Waals surface area contributed by atoms with E-state index in [1.807, 2.05) is 13.8 Å². The fraction of sp³-hybridized carbons (Fsp3) is 0.455. The van der Waals surface area contributed by atoms with Gasteiger partial charge in [-0.3, -0.25) is 0 Å². The number of hydrogen-bond donors (Lipinski definition) is 2. The third kappa shape index (κ3) is 3.16. The van der Waals surface area contributed by atoms with Crippen molar-refractivity contribution in [1.82, 2.24) is 0 Å². The average molecular weight is 232 g/mol. The predicted octanol–water partition coefficient (Wildman–Crippen LogP) is 2.50. The summed E-state index contributed by atoms with van der Waals surface area (Å²) in [6, 6.07) is 3.46. The van der Waals surface area contributed by atoms with E-state index in [9.17, 15) is 9.50 Å². The Morgan fingerprint density at radius 3 is 2.40 bits per heavy atom. The van der Waals surface area contributed by atoms with Crippen molar-refractivity contribution in [3.8, 4) is 0 Å². The van der Waals surface area contributed by atoms with E-state index in [1.165, 1.54) is 12.1 Å². The van der Waals surface area contributed by atoms with Crippen molar-refractivity contribution in [2.45, 2.75) is 26.0 Å². The SMILES string of the molecule is CC(C)[C@@H](O)[C@@H](N)c1cc(F)cc(Cl)c1. The molecule has 2 atom stereocenters. The van der Waals surface area contributed by atoms with Crippen LogP contribution in [0.15, 0.2) is 18.2 Å². The van der Waals surface area contributed by atoms with Crippen molar-refractivity contribution in [2.24, 2.45) is 11.7 Å². The van der Waals surface area contributed by atoms with Gasteiger partial charge in [0.15, 0.2) is 0 Å². The molecule has 0 radical (unpaired) electrons. The van der Waals surface area contributed by atoms with Crippen LogP contribution >= 0.6 is 11.6 Å². The zero-order valence-electron chi connectivity index (χ0n) is 8.74. The van der Waals surface area contributed by atoms with Crippen LogP contribution in [0.5, 0.6) is 0 Å². The molecule has 1 rings (SSSR count). The molecule has 0 aliphatic heterocycles. The summed E-state index contributed by atoms with van der Waals surface area (Å²) in [6.45, 7) is 3.71. The molecule has 0 unspecified atom stereocenters. The van der Waals surface area contributed by atoms with Gasteiger partial charge in [0.2, 0.25) is 0 Å². The zero-order chi connectivity index (χ0) is 11.6. The number of rotatable bonds is 3. The molecule has 0 spiro atoms. The van der Waals surface area contributed by atoms with Crippen LogP contribution in [-0.4, -0.2) is 11.2 Å². The van der Waals surface area contributed by atoms with Crippen molar-refractivity contribution in [1.29, 1.82) is 0 Å². The molecule has 0 fully saturated rings. The molecule has 0 saturated carbocycles. The highest BCUT2D eigenvalue weighted by Gasteiger charge is 2.20. The van der Waals surface area contributed by atoms with E-state index in [4.69, 9.17) is 17.3 Å². The predicted molar refractivity (Wildman–Crippen MR) is 59.2 cm³/mol. The van der Waals surface area contributed by atoms with Gasteiger partial charge >= 0.3 is 0 Å². The Morgan fingerprint density at radius 2 is 1.93 bits per heavy atom. The molecule has 0 bridgehead atoms. The second-order valence-corrected chi connectivity index (χ2v) is 4.40. The minimum absolute atomic E-state index is 0.0158. The molecule has 4 heteroatoms. The van der Waals surface area contributed by atoms with Gasteiger partial charge in [-0.25, -0.2) is 4.39 Å². The molecule has 0 aliphatic carbocycles. The fourth-order valence-electron chi connectivity index (χ4n) is 1.38. The monoisotopic (exact) mass is 231 g/mol. The first-order valence-electron chi connectivity index (χ1n) is 4.81. The van der Waals surface area contributed by atoms with E-state index in [-0.39, 0.29) is 10.9 Å². The fourth-order valence-corrected chi connectivity index (χ4v) is 1.61. The Bertz CT molecular complexity index is 323. The second kappa shape index (κ2) is 4.92. The lowest BCUT2D eigenvalue weighted by Gasteiger charge is -2.22. The lowest BCUT2D eigenvalue weighted by atomic mass is 9.94. The van der Waals surface area contributed by atoms with E-state index in [0.29, 0.717) is 5.56 Å². The summed E-state index contributed by atoms with van der Waals surface area (Å²) in [4.78, 5) is 0. The summed E-state index contributed by atoms with van der Waals surface area (Å²) in [5.74, 6) is -0.425. The molecule has 3 N–H and O–H groups in total. The molecule has 2 nitrogen and oxygen atoms in total. The molecule has 84 valence electrons. The number of hydrogen-bond acceptors (Lipinski definition) is 2. The Labute approximate surface area is 93.9 Å². The third-order valence-corrected chi connectivity index (χ3v) is 2.54. The summed E-state index contributed by atoms with van der Waals surface area (Å²) < 4.78 is 13.0. The van der Waals surface area contributed by atoms with Gasteiger partial charge in [-0.2, -0.15) is 0 Å². The van der Waals surface area contributed by atoms with Crippen molar-refractivity contribution >= 4 is 11.6 Å². The zero-order valence-corrected chi connectivity index (χ0v) is 9.50. The maximum absolute atomic E-state index is 13.0. The van der Waals surface area contributed by atoms with Gasteiger partial charge in [0.25, 0.3) is 0 Å². The largest absolute Gasteiger partial charge is 0.391 e. The molecule has 1 aromatic carbocycles. The van der Waals surface area contributed by atoms with Crippen LogP contribution in [0.2, 0.25) is 5.02 Å². The number of aliphatic hydroxyl groups is 1. The average Bonchev–Trinajstić information content (AvgIpc) is 2.13. The van der Waals surface area contributed by atoms with Crippen LogP contribution in [0.4, 0.5) is 4.39 Å². The quantitative estimate of drug-likeness (QED) is 0.840. The highest BCUT2D eigenvalue weighted by atomic mass is 35.5. The molecular weight excluding hydrogens is 217 g/mol. The van der Waals surface area contributed by atoms with Crippen molar-refractivity contribution in [3.05, 3.63) is 34.6 Å². The van der Waals surface area contributed by atoms with Crippen LogP contribution in [0.25, 0.3) is 0 Å². The van der Waals surface area contributed by atoms with Gasteiger partial charge in [-0.05, 0) is 29.7 Å². The minimum atomic E-state index is -0.706. The Balaban J connectivity index is 2.95. The summed E-state index contributed by atoms with van der Waals surface area (Å²) >= 11 is 5.70. The first-order chi connectivity index (χ1) is 6.91. The third-order valence-electron chi connectivity index (χ3n) is 2.32. The van der Waals surface area contributed by atoms with E-state index >= 15 is 0 Å². The van der Waals surface area contributed by atoms with Crippen LogP contribution < -0.4 is 5.73 Å². The Kier molecular flexibility index (Phi) is 4.08. The number of nitrogens with two attached hydrogens (primary N) is 1. The Hall–Kier alpha value is -0.640. The number of aliphatic hydroxyl groups excluding tert-OH is 1. The smallest absolute Gasteiger partial charge is 0.125 e. The lowest BCUT2D eigenvalue weighted by molar-refractivity contribution is 0.0978. The highest BCUT2D eigenvalue weighted by Crippen LogP contribution is 2.23. The molecule has 1 aromatic rings. The minimum Gasteiger partial charge on any atom is -0.391 e. The summed E-state index contributed by atoms with van der Waals surface area (Å²) in [5.41, 5.74) is 6.32. The molecule has 15 heavy (non-hydrogen) atoms. The van der Waals surface area contributed by atoms with Gasteiger partial charge in [0, 0.05) is 5.02 Å². The highest BCUT2D eigenvalue weighted by molar-refractivity contribution is 6.30. The molecule has 0 heterocycles. The normalized spacial score (nSPS) is 15.4. The standard InChI is InChI=1S/C11H15ClFNO/c1-6(2)11(15)10(14)7-3-8(12)5-9(13)4-7/h3-6,10-11,15H,14H2,1-2H3/t10-,11+/m0/s1. The lowest BCUT2D eigenvalue weighted by Crippen LogP contribution is -2.30. The van der Waals surface area contributed by atoms with Crippen molar-refractivity contribution in [2.75, 3.05) is 0 Å². The van der Waals surface area contributed by atoms with Gasteiger partial charge < -0.3 is 10.8 Å². The summed E-state index contributed by atoms with van der Waals surface area (Å²) in [7, 11) is 0. The molecule has 0 saturated heterocycles. The maximum Gasteiger partial charge on any atom is 0.125 e.